The van der Waals surface area contributed by atoms with Crippen LogP contribution >= 0.6 is 23.7 Å². The van der Waals surface area contributed by atoms with Gasteiger partial charge < -0.3 is 5.32 Å². The molecule has 12 heteroatoms. The van der Waals surface area contributed by atoms with Crippen LogP contribution < -0.4 is 20.1 Å². The quantitative estimate of drug-likeness (QED) is 0.463. The first-order valence-corrected chi connectivity index (χ1v) is 12.0. The van der Waals surface area contributed by atoms with Crippen LogP contribution in [0, 0.1) is 0 Å². The highest BCUT2D eigenvalue weighted by Crippen LogP contribution is 2.36. The van der Waals surface area contributed by atoms with Crippen molar-refractivity contribution in [3.8, 4) is 0 Å². The summed E-state index contributed by atoms with van der Waals surface area (Å²) in [5.41, 5.74) is 0.665. The van der Waals surface area contributed by atoms with Gasteiger partial charge in [0.15, 0.2) is 4.21 Å². The number of sulfonamides is 2. The lowest BCUT2D eigenvalue weighted by Gasteiger charge is -2.26. The maximum Gasteiger partial charge on any atom is 0.271 e. The molecular weight excluding hydrogens is 432 g/mol. The van der Waals surface area contributed by atoms with Crippen LogP contribution in [0.3, 0.4) is 0 Å². The van der Waals surface area contributed by atoms with E-state index < -0.39 is 26.2 Å². The zero-order valence-electron chi connectivity index (χ0n) is 15.9. The lowest BCUT2D eigenvalue weighted by atomic mass is 10.1. The molecule has 0 amide bonds. The van der Waals surface area contributed by atoms with Crippen LogP contribution in [0.25, 0.3) is 5.70 Å². The van der Waals surface area contributed by atoms with E-state index in [-0.39, 0.29) is 26.4 Å². The fourth-order valence-corrected chi connectivity index (χ4v) is 6.75. The Morgan fingerprint density at radius 3 is 2.48 bits per heavy atom. The minimum absolute atomic E-state index is 0. The van der Waals surface area contributed by atoms with Crippen molar-refractivity contribution in [2.45, 2.75) is 61.2 Å². The van der Waals surface area contributed by atoms with Crippen molar-refractivity contribution in [2.75, 3.05) is 6.54 Å². The maximum atomic E-state index is 12.7. The summed E-state index contributed by atoms with van der Waals surface area (Å²) in [7, 11) is -7.61. The molecule has 0 spiro atoms. The molecule has 1 aromatic heterocycles. The van der Waals surface area contributed by atoms with E-state index in [9.17, 15) is 16.8 Å². The van der Waals surface area contributed by atoms with Gasteiger partial charge in [0.1, 0.15) is 4.21 Å². The number of halogens is 1. The average Bonchev–Trinajstić information content (AvgIpc) is 2.91. The molecule has 0 radical (unpaired) electrons. The van der Waals surface area contributed by atoms with Gasteiger partial charge in [0, 0.05) is 23.8 Å². The molecule has 0 saturated heterocycles. The number of nitrogens with one attached hydrogen (secondary N) is 4. The Kier molecular flexibility index (Phi) is 7.76. The highest BCUT2D eigenvalue weighted by Gasteiger charge is 2.32. The maximum absolute atomic E-state index is 12.7. The highest BCUT2D eigenvalue weighted by atomic mass is 35.5. The van der Waals surface area contributed by atoms with Gasteiger partial charge in [0.05, 0.1) is 11.9 Å². The Morgan fingerprint density at radius 2 is 1.93 bits per heavy atom. The van der Waals surface area contributed by atoms with E-state index in [4.69, 9.17) is 0 Å². The van der Waals surface area contributed by atoms with Crippen LogP contribution in [0.2, 0.25) is 0 Å². The number of fused-ring (bicyclic) bond motifs is 1. The van der Waals surface area contributed by atoms with E-state index in [1.54, 1.807) is 6.92 Å². The van der Waals surface area contributed by atoms with Gasteiger partial charge in [-0.1, -0.05) is 6.92 Å². The van der Waals surface area contributed by atoms with Gasteiger partial charge in [0.25, 0.3) is 20.0 Å². The third kappa shape index (κ3) is 6.06. The van der Waals surface area contributed by atoms with Crippen molar-refractivity contribution in [1.82, 2.24) is 20.1 Å². The predicted octanol–water partition coefficient (Wildman–Crippen LogP) is 1.77. The van der Waals surface area contributed by atoms with E-state index >= 15 is 0 Å². The number of thiophene rings is 1. The van der Waals surface area contributed by atoms with Crippen LogP contribution in [-0.2, 0) is 20.0 Å². The second-order valence-electron chi connectivity index (χ2n) is 7.11. The molecule has 0 aliphatic carbocycles. The summed E-state index contributed by atoms with van der Waals surface area (Å²) in [5.74, 6) is 0. The molecule has 156 valence electrons. The molecule has 2 heterocycles. The van der Waals surface area contributed by atoms with E-state index in [1.807, 2.05) is 27.7 Å². The first-order valence-electron chi connectivity index (χ1n) is 8.26. The fourth-order valence-electron chi connectivity index (χ4n) is 2.52. The summed E-state index contributed by atoms with van der Waals surface area (Å²) in [6, 6.07) is 1.40. The predicted molar refractivity (Wildman–Crippen MR) is 111 cm³/mol. The Morgan fingerprint density at radius 1 is 1.30 bits per heavy atom. The van der Waals surface area contributed by atoms with E-state index in [1.165, 1.54) is 12.3 Å². The lowest BCUT2D eigenvalue weighted by molar-refractivity contribution is 0.360. The normalized spacial score (nSPS) is 17.1. The van der Waals surface area contributed by atoms with E-state index in [2.05, 4.69) is 20.1 Å². The molecule has 1 aliphatic heterocycles. The van der Waals surface area contributed by atoms with Crippen LogP contribution in [0.1, 0.15) is 46.6 Å². The third-order valence-corrected chi connectivity index (χ3v) is 8.37. The Labute approximate surface area is 171 Å². The lowest BCUT2D eigenvalue weighted by Crippen LogP contribution is -2.50. The molecule has 4 N–H and O–H groups in total. The molecule has 0 aromatic carbocycles. The smallest absolute Gasteiger partial charge is 0.271 e. The van der Waals surface area contributed by atoms with Crippen LogP contribution in [-0.4, -0.2) is 35.1 Å². The molecule has 1 atom stereocenters. The van der Waals surface area contributed by atoms with Gasteiger partial charge in [-0.2, -0.15) is 4.72 Å². The Balaban J connectivity index is 0.00000364. The molecule has 1 aromatic rings. The zero-order chi connectivity index (χ0) is 19.8. The number of hydrogen-bond donors (Lipinski definition) is 4. The first-order chi connectivity index (χ1) is 11.9. The SMILES string of the molecule is CCCNC1=CNS(=O)(=O)c2sc(S(=O)(=O)N[C@@H](C)NC(C)(C)C)cc21.Cl. The number of hydrogen-bond acceptors (Lipinski definition) is 7. The number of rotatable bonds is 7. The van der Waals surface area contributed by atoms with Gasteiger partial charge in [-0.05, 0) is 40.2 Å². The summed E-state index contributed by atoms with van der Waals surface area (Å²) < 4.78 is 54.7. The second-order valence-corrected chi connectivity index (χ2v) is 12.0. The summed E-state index contributed by atoms with van der Waals surface area (Å²) in [6.07, 6.45) is 1.70. The van der Waals surface area contributed by atoms with Crippen molar-refractivity contribution in [3.05, 3.63) is 17.8 Å². The molecule has 27 heavy (non-hydrogen) atoms. The Bertz CT molecular complexity index is 902. The van der Waals surface area contributed by atoms with Gasteiger partial charge in [-0.15, -0.1) is 23.7 Å². The standard InChI is InChI=1S/C15H26N4O4S3.ClH/c1-6-7-16-12-9-17-26(22,23)14-11(12)8-13(24-14)25(20,21)19-10(2)18-15(3,4)5;/h8-10,16-19H,6-7H2,1-5H3;1H/t10-;/m0./s1. The monoisotopic (exact) mass is 458 g/mol. The summed E-state index contributed by atoms with van der Waals surface area (Å²) in [5, 5.41) is 6.23. The molecule has 2 rings (SSSR count). The van der Waals surface area contributed by atoms with Crippen molar-refractivity contribution in [3.63, 3.8) is 0 Å². The van der Waals surface area contributed by atoms with Gasteiger partial charge in [-0.3, -0.25) is 10.0 Å². The average molecular weight is 459 g/mol. The van der Waals surface area contributed by atoms with E-state index in [0.29, 0.717) is 17.8 Å². The summed E-state index contributed by atoms with van der Waals surface area (Å²) >= 11 is 0.737. The van der Waals surface area contributed by atoms with Crippen LogP contribution in [0.15, 0.2) is 20.7 Å². The molecule has 0 unspecified atom stereocenters. The van der Waals surface area contributed by atoms with Gasteiger partial charge in [0.2, 0.25) is 0 Å². The third-order valence-electron chi connectivity index (χ3n) is 3.38. The molecule has 0 saturated carbocycles. The molecule has 1 aliphatic rings. The van der Waals surface area contributed by atoms with Crippen LogP contribution in [0.4, 0.5) is 0 Å². The van der Waals surface area contributed by atoms with Crippen molar-refractivity contribution >= 4 is 49.5 Å². The van der Waals surface area contributed by atoms with Gasteiger partial charge >= 0.3 is 0 Å². The van der Waals surface area contributed by atoms with Crippen LogP contribution in [0.5, 0.6) is 0 Å². The van der Waals surface area contributed by atoms with Gasteiger partial charge in [-0.25, -0.2) is 16.8 Å². The highest BCUT2D eigenvalue weighted by molar-refractivity contribution is 7.94. The molecule has 0 fully saturated rings. The minimum Gasteiger partial charge on any atom is -0.383 e. The second kappa shape index (κ2) is 8.66. The largest absolute Gasteiger partial charge is 0.383 e. The topological polar surface area (TPSA) is 116 Å². The zero-order valence-corrected chi connectivity index (χ0v) is 19.2. The Hall–Kier alpha value is -0.850. The van der Waals surface area contributed by atoms with Crippen molar-refractivity contribution in [2.24, 2.45) is 0 Å². The summed E-state index contributed by atoms with van der Waals surface area (Å²) in [6.45, 7) is 10.1. The van der Waals surface area contributed by atoms with Crippen molar-refractivity contribution in [1.29, 1.82) is 0 Å². The minimum atomic E-state index is -3.86. The fraction of sp³-hybridized carbons (Fsp3) is 0.600. The first kappa shape index (κ1) is 24.2. The van der Waals surface area contributed by atoms with Crippen molar-refractivity contribution < 1.29 is 16.8 Å². The van der Waals surface area contributed by atoms with E-state index in [0.717, 1.165) is 17.8 Å². The molecule has 0 bridgehead atoms. The molecule has 8 nitrogen and oxygen atoms in total. The summed E-state index contributed by atoms with van der Waals surface area (Å²) in [4.78, 5) is 0. The molecular formula is C15H27ClN4O4S3.